The first-order valence-corrected chi connectivity index (χ1v) is 9.94. The third kappa shape index (κ3) is 5.74. The van der Waals surface area contributed by atoms with Crippen LogP contribution in [-0.2, 0) is 16.6 Å². The van der Waals surface area contributed by atoms with Crippen molar-refractivity contribution in [1.29, 1.82) is 0 Å². The lowest BCUT2D eigenvalue weighted by atomic mass is 10.0. The number of carbonyl (C=O) groups excluding carboxylic acids is 3. The Kier molecular flexibility index (Phi) is 6.94. The Morgan fingerprint density at radius 3 is 2.70 bits per heavy atom. The average Bonchev–Trinajstić information content (AvgIpc) is 3.00. The summed E-state index contributed by atoms with van der Waals surface area (Å²) in [5, 5.41) is 3.23. The number of thioether (sulfide) groups is 1. The molecule has 150 valence electrons. The molecular formula is C18H28N4O4S. The van der Waals surface area contributed by atoms with E-state index in [0.29, 0.717) is 36.4 Å². The van der Waals surface area contributed by atoms with Gasteiger partial charge in [0, 0.05) is 26.3 Å². The standard InChI is InChI=1S/C18H28N4O4S/c1-12(2)27-9-15(23)22-5-6-26-18(3,11-22)10-20-17(25)14-7-13(16(19)24)8-21(14)4/h7-8,12H,5-6,9-11H2,1-4H3,(H2,19,24)(H,20,25). The minimum atomic E-state index is -0.663. The number of morpholine rings is 1. The summed E-state index contributed by atoms with van der Waals surface area (Å²) in [6.45, 7) is 7.66. The van der Waals surface area contributed by atoms with Crippen molar-refractivity contribution in [3.63, 3.8) is 0 Å². The fraction of sp³-hybridized carbons (Fsp3) is 0.611. The monoisotopic (exact) mass is 396 g/mol. The zero-order chi connectivity index (χ0) is 20.2. The van der Waals surface area contributed by atoms with Crippen molar-refractivity contribution in [3.8, 4) is 0 Å². The number of aromatic nitrogens is 1. The van der Waals surface area contributed by atoms with E-state index >= 15 is 0 Å². The van der Waals surface area contributed by atoms with E-state index in [1.807, 2.05) is 6.92 Å². The molecule has 3 amide bonds. The average molecular weight is 397 g/mol. The maximum atomic E-state index is 12.5. The Morgan fingerprint density at radius 1 is 1.41 bits per heavy atom. The molecule has 0 radical (unpaired) electrons. The number of nitrogens with zero attached hydrogens (tertiary/aromatic N) is 2. The molecule has 0 spiro atoms. The number of carbonyl (C=O) groups is 3. The van der Waals surface area contributed by atoms with E-state index in [4.69, 9.17) is 10.5 Å². The quantitative estimate of drug-likeness (QED) is 0.702. The van der Waals surface area contributed by atoms with Gasteiger partial charge in [-0.05, 0) is 18.2 Å². The molecule has 1 fully saturated rings. The number of rotatable bonds is 7. The zero-order valence-electron chi connectivity index (χ0n) is 16.3. The van der Waals surface area contributed by atoms with Gasteiger partial charge in [-0.3, -0.25) is 14.4 Å². The predicted octanol–water partition coefficient (Wildman–Crippen LogP) is 0.613. The normalized spacial score (nSPS) is 20.0. The Morgan fingerprint density at radius 2 is 2.11 bits per heavy atom. The molecular weight excluding hydrogens is 368 g/mol. The largest absolute Gasteiger partial charge is 0.370 e. The third-order valence-corrected chi connectivity index (χ3v) is 5.46. The van der Waals surface area contributed by atoms with E-state index in [0.717, 1.165) is 0 Å². The van der Waals surface area contributed by atoms with E-state index in [1.54, 1.807) is 28.3 Å². The molecule has 0 bridgehead atoms. The Labute approximate surface area is 163 Å². The molecule has 1 aliphatic rings. The third-order valence-electron chi connectivity index (χ3n) is 4.37. The summed E-state index contributed by atoms with van der Waals surface area (Å²) < 4.78 is 7.39. The first-order chi connectivity index (χ1) is 12.6. The summed E-state index contributed by atoms with van der Waals surface area (Å²) in [4.78, 5) is 37.9. The number of nitrogens with two attached hydrogens (primary N) is 1. The molecule has 8 nitrogen and oxygen atoms in total. The Hall–Kier alpha value is -2.00. The number of hydrogen-bond donors (Lipinski definition) is 2. The number of amides is 3. The van der Waals surface area contributed by atoms with Gasteiger partial charge < -0.3 is 25.3 Å². The Bertz CT molecular complexity index is 718. The molecule has 1 atom stereocenters. The fourth-order valence-corrected chi connectivity index (χ4v) is 3.52. The van der Waals surface area contributed by atoms with Crippen molar-refractivity contribution in [2.45, 2.75) is 31.6 Å². The van der Waals surface area contributed by atoms with Crippen molar-refractivity contribution in [2.75, 3.05) is 32.0 Å². The summed E-state index contributed by atoms with van der Waals surface area (Å²) in [6.07, 6.45) is 1.52. The second-order valence-corrected chi connectivity index (χ2v) is 8.81. The van der Waals surface area contributed by atoms with Crippen LogP contribution in [0, 0.1) is 0 Å². The number of ether oxygens (including phenoxy) is 1. The number of primary amides is 1. The van der Waals surface area contributed by atoms with Crippen LogP contribution < -0.4 is 11.1 Å². The van der Waals surface area contributed by atoms with E-state index in [1.165, 1.54) is 12.3 Å². The van der Waals surface area contributed by atoms with Crippen LogP contribution in [0.25, 0.3) is 0 Å². The fourth-order valence-electron chi connectivity index (χ4n) is 2.86. The van der Waals surface area contributed by atoms with Gasteiger partial charge in [-0.2, -0.15) is 0 Å². The van der Waals surface area contributed by atoms with Gasteiger partial charge in [-0.1, -0.05) is 13.8 Å². The highest BCUT2D eigenvalue weighted by atomic mass is 32.2. The van der Waals surface area contributed by atoms with Gasteiger partial charge in [-0.15, -0.1) is 11.8 Å². The molecule has 2 rings (SSSR count). The zero-order valence-corrected chi connectivity index (χ0v) is 17.1. The van der Waals surface area contributed by atoms with E-state index in [2.05, 4.69) is 19.2 Å². The van der Waals surface area contributed by atoms with Crippen molar-refractivity contribution in [1.82, 2.24) is 14.8 Å². The molecule has 0 aliphatic carbocycles. The first kappa shape index (κ1) is 21.3. The lowest BCUT2D eigenvalue weighted by Crippen LogP contribution is -2.57. The minimum absolute atomic E-state index is 0.0862. The van der Waals surface area contributed by atoms with Gasteiger partial charge in [-0.25, -0.2) is 0 Å². The van der Waals surface area contributed by atoms with Crippen molar-refractivity contribution in [2.24, 2.45) is 12.8 Å². The second-order valence-electron chi connectivity index (χ2n) is 7.25. The SMILES string of the molecule is CC(C)SCC(=O)N1CCOC(C)(CNC(=O)c2cc(C(N)=O)cn2C)C1. The highest BCUT2D eigenvalue weighted by Gasteiger charge is 2.34. The maximum Gasteiger partial charge on any atom is 0.268 e. The molecule has 3 N–H and O–H groups in total. The topological polar surface area (TPSA) is 107 Å². The van der Waals surface area contributed by atoms with Gasteiger partial charge in [0.05, 0.1) is 24.5 Å². The van der Waals surface area contributed by atoms with Crippen LogP contribution in [0.1, 0.15) is 41.6 Å². The van der Waals surface area contributed by atoms with Gasteiger partial charge >= 0.3 is 0 Å². The lowest BCUT2D eigenvalue weighted by Gasteiger charge is -2.40. The van der Waals surface area contributed by atoms with Crippen molar-refractivity contribution in [3.05, 3.63) is 23.5 Å². The van der Waals surface area contributed by atoms with Crippen molar-refractivity contribution < 1.29 is 19.1 Å². The molecule has 27 heavy (non-hydrogen) atoms. The predicted molar refractivity (Wildman–Crippen MR) is 105 cm³/mol. The van der Waals surface area contributed by atoms with E-state index < -0.39 is 11.5 Å². The maximum absolute atomic E-state index is 12.5. The lowest BCUT2D eigenvalue weighted by molar-refractivity contribution is -0.144. The van der Waals surface area contributed by atoms with Crippen LogP contribution in [-0.4, -0.2) is 70.0 Å². The summed E-state index contributed by atoms with van der Waals surface area (Å²) in [7, 11) is 1.67. The molecule has 0 saturated carbocycles. The van der Waals surface area contributed by atoms with Gasteiger partial charge in [0.1, 0.15) is 11.3 Å². The van der Waals surface area contributed by atoms with E-state index in [9.17, 15) is 14.4 Å². The number of hydrogen-bond acceptors (Lipinski definition) is 5. The van der Waals surface area contributed by atoms with Gasteiger partial charge in [0.15, 0.2) is 0 Å². The van der Waals surface area contributed by atoms with E-state index in [-0.39, 0.29) is 23.9 Å². The summed E-state index contributed by atoms with van der Waals surface area (Å²) in [6, 6.07) is 1.46. The highest BCUT2D eigenvalue weighted by molar-refractivity contribution is 8.00. The molecule has 1 unspecified atom stereocenters. The summed E-state index contributed by atoms with van der Waals surface area (Å²) in [5.74, 6) is -0.378. The Balaban J connectivity index is 1.94. The molecule has 1 saturated heterocycles. The second kappa shape index (κ2) is 8.79. The first-order valence-electron chi connectivity index (χ1n) is 8.89. The highest BCUT2D eigenvalue weighted by Crippen LogP contribution is 2.19. The van der Waals surface area contributed by atoms with Crippen LogP contribution in [0.5, 0.6) is 0 Å². The molecule has 0 aromatic carbocycles. The molecule has 9 heteroatoms. The number of nitrogens with one attached hydrogen (secondary N) is 1. The van der Waals surface area contributed by atoms with Gasteiger partial charge in [0.2, 0.25) is 11.8 Å². The molecule has 1 aromatic rings. The molecule has 1 aromatic heterocycles. The van der Waals surface area contributed by atoms with Crippen molar-refractivity contribution >= 4 is 29.5 Å². The van der Waals surface area contributed by atoms with Gasteiger partial charge in [0.25, 0.3) is 5.91 Å². The molecule has 1 aliphatic heterocycles. The van der Waals surface area contributed by atoms with Crippen LogP contribution in [0.3, 0.4) is 0 Å². The van der Waals surface area contributed by atoms with Crippen LogP contribution in [0.15, 0.2) is 12.3 Å². The number of aryl methyl sites for hydroxylation is 1. The minimum Gasteiger partial charge on any atom is -0.370 e. The van der Waals surface area contributed by atoms with Crippen LogP contribution in [0.2, 0.25) is 0 Å². The van der Waals surface area contributed by atoms with Crippen LogP contribution >= 0.6 is 11.8 Å². The summed E-state index contributed by atoms with van der Waals surface area (Å²) >= 11 is 1.61. The summed E-state index contributed by atoms with van der Waals surface area (Å²) in [5.41, 5.74) is 5.21. The van der Waals surface area contributed by atoms with Crippen LogP contribution in [0.4, 0.5) is 0 Å². The smallest absolute Gasteiger partial charge is 0.268 e. The molecule has 2 heterocycles.